The lowest BCUT2D eigenvalue weighted by atomic mass is 9.86. The number of ether oxygens (including phenoxy) is 3. The molecule has 0 amide bonds. The van der Waals surface area contributed by atoms with Crippen LogP contribution in [-0.4, -0.2) is 35.9 Å². The largest absolute Gasteiger partial charge is 0.396 e. The van der Waals surface area contributed by atoms with E-state index >= 15 is 0 Å². The van der Waals surface area contributed by atoms with E-state index in [-0.39, 0.29) is 19.2 Å². The molecule has 3 heterocycles. The van der Waals surface area contributed by atoms with Crippen molar-refractivity contribution in [3.8, 4) is 0 Å². The summed E-state index contributed by atoms with van der Waals surface area (Å²) >= 11 is 0. The molecule has 2 aliphatic heterocycles. The standard InChI is InChI=1S/C23H31NO4/c1-5-23(9-10-25)22-17(8-11-26-23)19-13-16(6-7-20-27-15(4)28-20)12-18(14(2)3)21(19)24-22/h6-7,12-15,20,24-25H,5,8-11H2,1-4H3/b7-6+. The third-order valence-corrected chi connectivity index (χ3v) is 6.06. The van der Waals surface area contributed by atoms with Crippen molar-refractivity contribution in [1.29, 1.82) is 0 Å². The van der Waals surface area contributed by atoms with Crippen LogP contribution >= 0.6 is 0 Å². The Hall–Kier alpha value is -1.66. The molecule has 0 radical (unpaired) electrons. The molecule has 5 nitrogen and oxygen atoms in total. The number of H-pyrrole nitrogens is 1. The predicted molar refractivity (Wildman–Crippen MR) is 110 cm³/mol. The van der Waals surface area contributed by atoms with Crippen LogP contribution in [-0.2, 0) is 26.2 Å². The van der Waals surface area contributed by atoms with Crippen LogP contribution in [0.4, 0.5) is 0 Å². The van der Waals surface area contributed by atoms with Gasteiger partial charge in [0.05, 0.1) is 12.3 Å². The number of rotatable bonds is 6. The van der Waals surface area contributed by atoms with E-state index in [9.17, 15) is 5.11 Å². The van der Waals surface area contributed by atoms with Crippen LogP contribution in [0.2, 0.25) is 0 Å². The second-order valence-corrected chi connectivity index (χ2v) is 8.15. The molecular formula is C23H31NO4. The third kappa shape index (κ3) is 3.30. The van der Waals surface area contributed by atoms with E-state index < -0.39 is 5.60 Å². The lowest BCUT2D eigenvalue weighted by molar-refractivity contribution is -0.354. The zero-order valence-corrected chi connectivity index (χ0v) is 17.2. The fourth-order valence-corrected chi connectivity index (χ4v) is 4.52. The molecule has 0 spiro atoms. The van der Waals surface area contributed by atoms with Crippen LogP contribution in [0.15, 0.2) is 18.2 Å². The summed E-state index contributed by atoms with van der Waals surface area (Å²) in [5, 5.41) is 10.9. The van der Waals surface area contributed by atoms with Gasteiger partial charge in [-0.3, -0.25) is 0 Å². The normalized spacial score (nSPS) is 27.5. The number of aromatic amines is 1. The van der Waals surface area contributed by atoms with Crippen LogP contribution in [0.1, 0.15) is 68.8 Å². The molecule has 1 aromatic heterocycles. The monoisotopic (exact) mass is 385 g/mol. The highest BCUT2D eigenvalue weighted by Crippen LogP contribution is 2.43. The van der Waals surface area contributed by atoms with Gasteiger partial charge in [-0.15, -0.1) is 0 Å². The third-order valence-electron chi connectivity index (χ3n) is 6.06. The number of hydrogen-bond donors (Lipinski definition) is 2. The zero-order valence-electron chi connectivity index (χ0n) is 17.2. The smallest absolute Gasteiger partial charge is 0.183 e. The molecule has 5 heteroatoms. The average molecular weight is 386 g/mol. The summed E-state index contributed by atoms with van der Waals surface area (Å²) in [6, 6.07) is 4.49. The molecule has 152 valence electrons. The minimum atomic E-state index is -0.421. The molecule has 2 N–H and O–H groups in total. The van der Waals surface area contributed by atoms with E-state index in [0.717, 1.165) is 24.1 Å². The number of hydrogen-bond acceptors (Lipinski definition) is 4. The van der Waals surface area contributed by atoms with Crippen LogP contribution in [0.5, 0.6) is 0 Å². The van der Waals surface area contributed by atoms with Gasteiger partial charge in [0, 0.05) is 23.9 Å². The summed E-state index contributed by atoms with van der Waals surface area (Å²) in [7, 11) is 0. The maximum atomic E-state index is 9.64. The summed E-state index contributed by atoms with van der Waals surface area (Å²) < 4.78 is 17.2. The van der Waals surface area contributed by atoms with Crippen molar-refractivity contribution in [3.63, 3.8) is 0 Å². The summed E-state index contributed by atoms with van der Waals surface area (Å²) in [4.78, 5) is 3.70. The number of aliphatic hydroxyl groups is 1. The average Bonchev–Trinajstić information content (AvgIpc) is 3.03. The van der Waals surface area contributed by atoms with Crippen molar-refractivity contribution >= 4 is 17.0 Å². The quantitative estimate of drug-likeness (QED) is 0.764. The van der Waals surface area contributed by atoms with Gasteiger partial charge in [-0.2, -0.15) is 0 Å². The summed E-state index contributed by atoms with van der Waals surface area (Å²) in [5.41, 5.74) is 5.70. The van der Waals surface area contributed by atoms with E-state index in [1.54, 1.807) is 0 Å². The van der Waals surface area contributed by atoms with Gasteiger partial charge < -0.3 is 24.3 Å². The minimum Gasteiger partial charge on any atom is -0.396 e. The van der Waals surface area contributed by atoms with Gasteiger partial charge in [-0.05, 0) is 60.6 Å². The molecule has 1 fully saturated rings. The Morgan fingerprint density at radius 1 is 1.32 bits per heavy atom. The number of aliphatic hydroxyl groups excluding tert-OH is 1. The Bertz CT molecular complexity index is 878. The van der Waals surface area contributed by atoms with Crippen molar-refractivity contribution in [2.75, 3.05) is 13.2 Å². The van der Waals surface area contributed by atoms with Gasteiger partial charge in [0.15, 0.2) is 12.6 Å². The molecule has 0 aliphatic carbocycles. The predicted octanol–water partition coefficient (Wildman–Crippen LogP) is 4.58. The first-order valence-corrected chi connectivity index (χ1v) is 10.4. The maximum absolute atomic E-state index is 9.64. The fraction of sp³-hybridized carbons (Fsp3) is 0.565. The molecule has 1 aromatic carbocycles. The van der Waals surface area contributed by atoms with Gasteiger partial charge >= 0.3 is 0 Å². The van der Waals surface area contributed by atoms with E-state index in [1.807, 2.05) is 13.0 Å². The molecule has 1 atom stereocenters. The molecule has 4 rings (SSSR count). The van der Waals surface area contributed by atoms with Crippen molar-refractivity contribution in [2.24, 2.45) is 0 Å². The summed E-state index contributed by atoms with van der Waals surface area (Å²) in [6.45, 7) is 9.28. The molecule has 2 aromatic rings. The number of benzene rings is 1. The summed E-state index contributed by atoms with van der Waals surface area (Å²) in [6.07, 6.45) is 6.02. The van der Waals surface area contributed by atoms with Crippen molar-refractivity contribution in [3.05, 3.63) is 40.6 Å². The first kappa shape index (κ1) is 19.6. The van der Waals surface area contributed by atoms with Crippen molar-refractivity contribution in [1.82, 2.24) is 4.98 Å². The Labute approximate surface area is 166 Å². The van der Waals surface area contributed by atoms with Gasteiger partial charge in [0.1, 0.15) is 5.60 Å². The first-order chi connectivity index (χ1) is 13.5. The van der Waals surface area contributed by atoms with E-state index in [2.05, 4.69) is 44.0 Å². The lowest BCUT2D eigenvalue weighted by Crippen LogP contribution is -2.36. The molecule has 0 saturated carbocycles. The lowest BCUT2D eigenvalue weighted by Gasteiger charge is -2.36. The number of fused-ring (bicyclic) bond motifs is 3. The summed E-state index contributed by atoms with van der Waals surface area (Å²) in [5.74, 6) is 0.391. The van der Waals surface area contributed by atoms with Crippen LogP contribution in [0, 0.1) is 0 Å². The van der Waals surface area contributed by atoms with Gasteiger partial charge in [-0.1, -0.05) is 26.8 Å². The molecule has 1 saturated heterocycles. The van der Waals surface area contributed by atoms with E-state index in [0.29, 0.717) is 18.9 Å². The molecular weight excluding hydrogens is 354 g/mol. The molecule has 1 unspecified atom stereocenters. The molecule has 28 heavy (non-hydrogen) atoms. The minimum absolute atomic E-state index is 0.117. The first-order valence-electron chi connectivity index (χ1n) is 10.4. The fourth-order valence-electron chi connectivity index (χ4n) is 4.52. The highest BCUT2D eigenvalue weighted by Gasteiger charge is 2.38. The van der Waals surface area contributed by atoms with E-state index in [4.69, 9.17) is 14.2 Å². The molecule has 2 aliphatic rings. The van der Waals surface area contributed by atoms with Gasteiger partial charge in [0.25, 0.3) is 0 Å². The highest BCUT2D eigenvalue weighted by atomic mass is 16.9. The second-order valence-electron chi connectivity index (χ2n) is 8.15. The van der Waals surface area contributed by atoms with Gasteiger partial charge in [0.2, 0.25) is 0 Å². The molecule has 0 bridgehead atoms. The van der Waals surface area contributed by atoms with E-state index in [1.165, 1.54) is 22.0 Å². The SMILES string of the molecule is CCC1(CCO)OCCc2c1[nH]c1c(C(C)C)cc(/C=C/C3OC(C)O3)cc21. The Kier molecular flexibility index (Phi) is 5.36. The topological polar surface area (TPSA) is 63.7 Å². The zero-order chi connectivity index (χ0) is 19.9. The number of nitrogens with one attached hydrogen (secondary N) is 1. The Balaban J connectivity index is 1.81. The van der Waals surface area contributed by atoms with Gasteiger partial charge in [-0.25, -0.2) is 0 Å². The van der Waals surface area contributed by atoms with Crippen molar-refractivity contribution < 1.29 is 19.3 Å². The second kappa shape index (κ2) is 7.64. The Morgan fingerprint density at radius 2 is 2.11 bits per heavy atom. The highest BCUT2D eigenvalue weighted by molar-refractivity contribution is 5.90. The number of aromatic nitrogens is 1. The Morgan fingerprint density at radius 3 is 2.75 bits per heavy atom. The van der Waals surface area contributed by atoms with Crippen LogP contribution in [0.25, 0.3) is 17.0 Å². The van der Waals surface area contributed by atoms with Crippen molar-refractivity contribution in [2.45, 2.75) is 71.1 Å². The van der Waals surface area contributed by atoms with Crippen LogP contribution in [0.3, 0.4) is 0 Å². The van der Waals surface area contributed by atoms with Crippen LogP contribution < -0.4 is 0 Å². The maximum Gasteiger partial charge on any atom is 0.183 e.